The van der Waals surface area contributed by atoms with Gasteiger partial charge in [0.2, 0.25) is 0 Å². The molecule has 0 saturated carbocycles. The first kappa shape index (κ1) is 7.34. The van der Waals surface area contributed by atoms with Crippen molar-refractivity contribution < 1.29 is 0 Å². The molecular formula is C8H6I2. The number of hydrogen-bond acceptors (Lipinski definition) is 0. The van der Waals surface area contributed by atoms with E-state index >= 15 is 0 Å². The van der Waals surface area contributed by atoms with Gasteiger partial charge >= 0.3 is 0 Å². The molecule has 52 valence electrons. The zero-order valence-electron chi connectivity index (χ0n) is 5.22. The van der Waals surface area contributed by atoms with E-state index < -0.39 is 0 Å². The first-order chi connectivity index (χ1) is 4.80. The predicted octanol–water partition coefficient (Wildman–Crippen LogP) is 3.65. The molecule has 2 atom stereocenters. The highest BCUT2D eigenvalue weighted by Gasteiger charge is 2.32. The molecule has 0 saturated heterocycles. The Hall–Kier alpha value is 0.680. The number of alkyl halides is 2. The molecule has 0 aliphatic heterocycles. The maximum absolute atomic E-state index is 2.50. The molecule has 1 aromatic rings. The van der Waals surface area contributed by atoms with Crippen molar-refractivity contribution >= 4 is 45.2 Å². The quantitative estimate of drug-likeness (QED) is 0.492. The van der Waals surface area contributed by atoms with Crippen LogP contribution in [0.15, 0.2) is 24.3 Å². The maximum atomic E-state index is 2.50. The lowest BCUT2D eigenvalue weighted by Crippen LogP contribution is -2.13. The van der Waals surface area contributed by atoms with Crippen molar-refractivity contribution in [2.45, 2.75) is 7.85 Å². The summed E-state index contributed by atoms with van der Waals surface area (Å²) in [4.78, 5) is 0. The van der Waals surface area contributed by atoms with Crippen molar-refractivity contribution in [3.63, 3.8) is 0 Å². The number of halogens is 2. The summed E-state index contributed by atoms with van der Waals surface area (Å²) in [5, 5.41) is 0. The third-order valence-corrected chi connectivity index (χ3v) is 6.00. The van der Waals surface area contributed by atoms with Crippen LogP contribution >= 0.6 is 45.2 Å². The lowest BCUT2D eigenvalue weighted by Gasteiger charge is -2.31. The average molecular weight is 356 g/mol. The Morgan fingerprint density at radius 3 is 1.70 bits per heavy atom. The number of fused-ring (bicyclic) bond motifs is 1. The van der Waals surface area contributed by atoms with Crippen LogP contribution in [0.25, 0.3) is 0 Å². The van der Waals surface area contributed by atoms with Crippen molar-refractivity contribution in [2.75, 3.05) is 0 Å². The Bertz CT molecular complexity index is 230. The fraction of sp³-hybridized carbons (Fsp3) is 0.250. The van der Waals surface area contributed by atoms with Gasteiger partial charge in [0, 0.05) is 0 Å². The lowest BCUT2D eigenvalue weighted by molar-refractivity contribution is 0.852. The molecule has 0 spiro atoms. The number of hydrogen-bond donors (Lipinski definition) is 0. The zero-order chi connectivity index (χ0) is 7.14. The van der Waals surface area contributed by atoms with Gasteiger partial charge in [-0.25, -0.2) is 0 Å². The molecule has 2 rings (SSSR count). The van der Waals surface area contributed by atoms with Crippen LogP contribution in [0.1, 0.15) is 19.0 Å². The highest BCUT2D eigenvalue weighted by atomic mass is 127. The van der Waals surface area contributed by atoms with Gasteiger partial charge in [0.05, 0.1) is 7.85 Å². The highest BCUT2D eigenvalue weighted by molar-refractivity contribution is 14.1. The van der Waals surface area contributed by atoms with Crippen LogP contribution in [0.2, 0.25) is 0 Å². The minimum absolute atomic E-state index is 0.745. The standard InChI is InChI=1S/C8H6I2/c9-7-5-3-1-2-4-6(5)8(7)10/h1-4,7-8H/t7-,8-/m1/s1. The summed E-state index contributed by atoms with van der Waals surface area (Å²) >= 11 is 5.01. The van der Waals surface area contributed by atoms with Crippen molar-refractivity contribution in [3.05, 3.63) is 35.4 Å². The van der Waals surface area contributed by atoms with Crippen LogP contribution in [-0.2, 0) is 0 Å². The van der Waals surface area contributed by atoms with Crippen molar-refractivity contribution in [1.82, 2.24) is 0 Å². The topological polar surface area (TPSA) is 0 Å². The van der Waals surface area contributed by atoms with Crippen LogP contribution in [0, 0.1) is 0 Å². The molecule has 1 aromatic carbocycles. The van der Waals surface area contributed by atoms with E-state index in [1.54, 1.807) is 0 Å². The fourth-order valence-electron chi connectivity index (χ4n) is 1.23. The minimum Gasteiger partial charge on any atom is -0.0759 e. The second-order valence-electron chi connectivity index (χ2n) is 2.43. The van der Waals surface area contributed by atoms with Crippen LogP contribution in [0.4, 0.5) is 0 Å². The summed E-state index contributed by atoms with van der Waals surface area (Å²) in [6.07, 6.45) is 0. The van der Waals surface area contributed by atoms with E-state index in [-0.39, 0.29) is 0 Å². The van der Waals surface area contributed by atoms with Crippen LogP contribution in [-0.4, -0.2) is 0 Å². The summed E-state index contributed by atoms with van der Waals surface area (Å²) in [6.45, 7) is 0. The van der Waals surface area contributed by atoms with Crippen LogP contribution in [0.5, 0.6) is 0 Å². The van der Waals surface area contributed by atoms with Gasteiger partial charge in [-0.1, -0.05) is 69.4 Å². The zero-order valence-corrected chi connectivity index (χ0v) is 9.54. The van der Waals surface area contributed by atoms with E-state index in [1.807, 2.05) is 0 Å². The SMILES string of the molecule is I[C@@H]1c2ccccc2[C@H]1I. The van der Waals surface area contributed by atoms with E-state index in [0.717, 1.165) is 7.85 Å². The molecule has 0 fully saturated rings. The molecule has 0 unspecified atom stereocenters. The molecule has 0 nitrogen and oxygen atoms in total. The molecule has 10 heavy (non-hydrogen) atoms. The molecule has 2 heteroatoms. The Balaban J connectivity index is 2.50. The fourth-order valence-corrected chi connectivity index (χ4v) is 3.14. The summed E-state index contributed by atoms with van der Waals surface area (Å²) in [5.41, 5.74) is 3.06. The Kier molecular flexibility index (Phi) is 1.92. The number of benzene rings is 1. The van der Waals surface area contributed by atoms with Gasteiger partial charge in [-0.3, -0.25) is 0 Å². The van der Waals surface area contributed by atoms with Gasteiger partial charge in [0.15, 0.2) is 0 Å². The third-order valence-electron chi connectivity index (χ3n) is 1.85. The lowest BCUT2D eigenvalue weighted by atomic mass is 9.89. The summed E-state index contributed by atoms with van der Waals surface area (Å²) in [5.74, 6) is 0. The first-order valence-electron chi connectivity index (χ1n) is 3.17. The Morgan fingerprint density at radius 2 is 1.30 bits per heavy atom. The van der Waals surface area contributed by atoms with E-state index in [0.29, 0.717) is 0 Å². The van der Waals surface area contributed by atoms with Crippen molar-refractivity contribution in [1.29, 1.82) is 0 Å². The summed E-state index contributed by atoms with van der Waals surface area (Å²) < 4.78 is 1.49. The second kappa shape index (κ2) is 2.62. The first-order valence-corrected chi connectivity index (χ1v) is 5.67. The average Bonchev–Trinajstić information content (AvgIpc) is 2.03. The van der Waals surface area contributed by atoms with Crippen molar-refractivity contribution in [3.8, 4) is 0 Å². The van der Waals surface area contributed by atoms with E-state index in [2.05, 4.69) is 69.4 Å². The van der Waals surface area contributed by atoms with Gasteiger partial charge < -0.3 is 0 Å². The largest absolute Gasteiger partial charge is 0.0759 e. The van der Waals surface area contributed by atoms with Gasteiger partial charge in [-0.05, 0) is 11.1 Å². The molecular weight excluding hydrogens is 350 g/mol. The number of rotatable bonds is 0. The van der Waals surface area contributed by atoms with Gasteiger partial charge in [-0.15, -0.1) is 0 Å². The molecule has 0 aromatic heterocycles. The third kappa shape index (κ3) is 0.913. The smallest absolute Gasteiger partial charge is 0.0521 e. The van der Waals surface area contributed by atoms with E-state index in [1.165, 1.54) is 11.1 Å². The van der Waals surface area contributed by atoms with E-state index in [9.17, 15) is 0 Å². The second-order valence-corrected chi connectivity index (χ2v) is 5.12. The maximum Gasteiger partial charge on any atom is 0.0521 e. The molecule has 1 aliphatic rings. The van der Waals surface area contributed by atoms with Gasteiger partial charge in [-0.2, -0.15) is 0 Å². The normalized spacial score (nSPS) is 29.0. The van der Waals surface area contributed by atoms with Gasteiger partial charge in [0.25, 0.3) is 0 Å². The monoisotopic (exact) mass is 356 g/mol. The molecule has 0 amide bonds. The molecule has 0 radical (unpaired) electrons. The van der Waals surface area contributed by atoms with Crippen molar-refractivity contribution in [2.24, 2.45) is 0 Å². The predicted molar refractivity (Wildman–Crippen MR) is 60.0 cm³/mol. The van der Waals surface area contributed by atoms with Crippen LogP contribution < -0.4 is 0 Å². The van der Waals surface area contributed by atoms with E-state index in [4.69, 9.17) is 0 Å². The molecule has 0 heterocycles. The minimum atomic E-state index is 0.745. The summed E-state index contributed by atoms with van der Waals surface area (Å²) in [7, 11) is 0. The summed E-state index contributed by atoms with van der Waals surface area (Å²) in [6, 6.07) is 8.68. The highest BCUT2D eigenvalue weighted by Crippen LogP contribution is 2.54. The van der Waals surface area contributed by atoms with Crippen LogP contribution in [0.3, 0.4) is 0 Å². The molecule has 1 aliphatic carbocycles. The molecule has 0 N–H and O–H groups in total. The molecule has 0 bridgehead atoms. The Labute approximate surface area is 87.7 Å². The van der Waals surface area contributed by atoms with Gasteiger partial charge in [0.1, 0.15) is 0 Å². The Morgan fingerprint density at radius 1 is 0.900 bits per heavy atom.